The molecule has 0 spiro atoms. The molecule has 1 atom stereocenters. The van der Waals surface area contributed by atoms with Gasteiger partial charge in [-0.15, -0.1) is 0 Å². The van der Waals surface area contributed by atoms with Crippen LogP contribution >= 0.6 is 0 Å². The molecule has 0 saturated carbocycles. The van der Waals surface area contributed by atoms with Crippen LogP contribution < -0.4 is 11.1 Å². The molecule has 92 valence electrons. The van der Waals surface area contributed by atoms with E-state index in [1.807, 2.05) is 11.5 Å². The minimum atomic E-state index is -2.36. The van der Waals surface area contributed by atoms with Crippen molar-refractivity contribution in [1.82, 2.24) is 14.9 Å². The second-order valence-corrected chi connectivity index (χ2v) is 3.60. The maximum absolute atomic E-state index is 12.1. The average Bonchev–Trinajstić information content (AvgIpc) is 2.68. The summed E-state index contributed by atoms with van der Waals surface area (Å²) in [5.41, 5.74) is 6.43. The van der Waals surface area contributed by atoms with Gasteiger partial charge in [0.2, 0.25) is 0 Å². The van der Waals surface area contributed by atoms with Crippen molar-refractivity contribution in [2.75, 3.05) is 13.1 Å². The van der Waals surface area contributed by atoms with Crippen LogP contribution in [0.1, 0.15) is 25.1 Å². The molecular formula is C10H18F2N4. The predicted octanol–water partition coefficient (Wildman–Crippen LogP) is 1.15. The second kappa shape index (κ2) is 6.55. The lowest BCUT2D eigenvalue weighted by Gasteiger charge is -2.18. The number of nitrogens with two attached hydrogens (primary N) is 1. The summed E-state index contributed by atoms with van der Waals surface area (Å²) in [5.74, 6) is 0. The molecule has 0 radical (unpaired) electrons. The average molecular weight is 232 g/mol. The standard InChI is InChI=1S/C10H18F2N4/c1-2-3-16-7-14-5-9(16)8(4-13)15-6-10(11)12/h5,7-8,10,15H,2-4,6,13H2,1H3. The Hall–Kier alpha value is -1.01. The van der Waals surface area contributed by atoms with Crippen LogP contribution in [-0.4, -0.2) is 29.1 Å². The number of hydrogen-bond acceptors (Lipinski definition) is 3. The highest BCUT2D eigenvalue weighted by Gasteiger charge is 2.15. The van der Waals surface area contributed by atoms with Gasteiger partial charge in [-0.25, -0.2) is 13.8 Å². The molecule has 1 rings (SSSR count). The van der Waals surface area contributed by atoms with E-state index in [0.29, 0.717) is 0 Å². The monoisotopic (exact) mass is 232 g/mol. The number of aromatic nitrogens is 2. The van der Waals surface area contributed by atoms with Crippen LogP contribution in [0.3, 0.4) is 0 Å². The van der Waals surface area contributed by atoms with Gasteiger partial charge in [-0.3, -0.25) is 0 Å². The minimum Gasteiger partial charge on any atom is -0.333 e. The van der Waals surface area contributed by atoms with Crippen LogP contribution in [0.15, 0.2) is 12.5 Å². The molecule has 0 fully saturated rings. The molecule has 0 saturated heterocycles. The van der Waals surface area contributed by atoms with Gasteiger partial charge in [0.25, 0.3) is 6.43 Å². The predicted molar refractivity (Wildman–Crippen MR) is 58.3 cm³/mol. The molecule has 3 N–H and O–H groups in total. The molecule has 0 bridgehead atoms. The van der Waals surface area contributed by atoms with Gasteiger partial charge in [0.05, 0.1) is 24.6 Å². The molecule has 1 unspecified atom stereocenters. The number of imidazole rings is 1. The zero-order chi connectivity index (χ0) is 12.0. The lowest BCUT2D eigenvalue weighted by atomic mass is 10.2. The Morgan fingerprint density at radius 3 is 2.88 bits per heavy atom. The van der Waals surface area contributed by atoms with Gasteiger partial charge in [-0.05, 0) is 6.42 Å². The molecule has 1 aromatic rings. The van der Waals surface area contributed by atoms with Gasteiger partial charge < -0.3 is 15.6 Å². The van der Waals surface area contributed by atoms with E-state index < -0.39 is 6.43 Å². The number of hydrogen-bond donors (Lipinski definition) is 2. The molecule has 16 heavy (non-hydrogen) atoms. The van der Waals surface area contributed by atoms with Crippen molar-refractivity contribution >= 4 is 0 Å². The van der Waals surface area contributed by atoms with E-state index >= 15 is 0 Å². The van der Waals surface area contributed by atoms with Crippen molar-refractivity contribution in [3.05, 3.63) is 18.2 Å². The third kappa shape index (κ3) is 3.53. The number of halogens is 2. The van der Waals surface area contributed by atoms with E-state index in [9.17, 15) is 8.78 Å². The Morgan fingerprint density at radius 1 is 1.56 bits per heavy atom. The quantitative estimate of drug-likeness (QED) is 0.741. The fraction of sp³-hybridized carbons (Fsp3) is 0.700. The minimum absolute atomic E-state index is 0.261. The van der Waals surface area contributed by atoms with Crippen LogP contribution in [0.2, 0.25) is 0 Å². The highest BCUT2D eigenvalue weighted by Crippen LogP contribution is 2.12. The maximum atomic E-state index is 12.1. The van der Waals surface area contributed by atoms with Crippen molar-refractivity contribution in [3.8, 4) is 0 Å². The summed E-state index contributed by atoms with van der Waals surface area (Å²) < 4.78 is 26.1. The Kier molecular flexibility index (Phi) is 5.34. The normalized spacial score (nSPS) is 13.3. The van der Waals surface area contributed by atoms with E-state index in [-0.39, 0.29) is 19.1 Å². The van der Waals surface area contributed by atoms with Gasteiger partial charge in [-0.2, -0.15) is 0 Å². The molecule has 0 aliphatic carbocycles. The van der Waals surface area contributed by atoms with Crippen LogP contribution in [0.4, 0.5) is 8.78 Å². The molecule has 0 aliphatic rings. The van der Waals surface area contributed by atoms with Crippen molar-refractivity contribution < 1.29 is 8.78 Å². The van der Waals surface area contributed by atoms with Crippen molar-refractivity contribution in [3.63, 3.8) is 0 Å². The number of rotatable bonds is 7. The highest BCUT2D eigenvalue weighted by molar-refractivity contribution is 5.06. The number of alkyl halides is 2. The zero-order valence-electron chi connectivity index (χ0n) is 9.37. The Morgan fingerprint density at radius 2 is 2.31 bits per heavy atom. The smallest absolute Gasteiger partial charge is 0.250 e. The zero-order valence-corrected chi connectivity index (χ0v) is 9.37. The number of aryl methyl sites for hydroxylation is 1. The van der Waals surface area contributed by atoms with Crippen LogP contribution in [0.5, 0.6) is 0 Å². The summed E-state index contributed by atoms with van der Waals surface area (Å²) in [4.78, 5) is 4.02. The molecule has 0 amide bonds. The Labute approximate surface area is 93.8 Å². The first-order valence-corrected chi connectivity index (χ1v) is 5.40. The van der Waals surface area contributed by atoms with E-state index in [1.54, 1.807) is 12.5 Å². The van der Waals surface area contributed by atoms with Crippen LogP contribution in [0, 0.1) is 0 Å². The van der Waals surface area contributed by atoms with E-state index in [1.165, 1.54) is 0 Å². The molecule has 4 nitrogen and oxygen atoms in total. The lowest BCUT2D eigenvalue weighted by Crippen LogP contribution is -2.33. The summed E-state index contributed by atoms with van der Waals surface area (Å²) in [5, 5.41) is 2.73. The molecule has 1 heterocycles. The van der Waals surface area contributed by atoms with Crippen molar-refractivity contribution in [1.29, 1.82) is 0 Å². The number of nitrogens with zero attached hydrogens (tertiary/aromatic N) is 2. The van der Waals surface area contributed by atoms with Crippen LogP contribution in [0.25, 0.3) is 0 Å². The third-order valence-corrected chi connectivity index (χ3v) is 2.32. The topological polar surface area (TPSA) is 55.9 Å². The molecular weight excluding hydrogens is 214 g/mol. The molecule has 1 aromatic heterocycles. The second-order valence-electron chi connectivity index (χ2n) is 3.60. The van der Waals surface area contributed by atoms with Gasteiger partial charge in [0, 0.05) is 19.3 Å². The fourth-order valence-electron chi connectivity index (χ4n) is 1.59. The molecule has 0 aromatic carbocycles. The summed E-state index contributed by atoms with van der Waals surface area (Å²) in [6.45, 7) is 2.80. The summed E-state index contributed by atoms with van der Waals surface area (Å²) in [6.07, 6.45) is 1.98. The highest BCUT2D eigenvalue weighted by atomic mass is 19.3. The van der Waals surface area contributed by atoms with Gasteiger partial charge >= 0.3 is 0 Å². The van der Waals surface area contributed by atoms with E-state index in [2.05, 4.69) is 10.3 Å². The third-order valence-electron chi connectivity index (χ3n) is 2.32. The molecule has 6 heteroatoms. The Balaban J connectivity index is 2.66. The first kappa shape index (κ1) is 13.1. The first-order chi connectivity index (χ1) is 7.69. The van der Waals surface area contributed by atoms with Crippen molar-refractivity contribution in [2.45, 2.75) is 32.4 Å². The summed E-state index contributed by atoms with van der Waals surface area (Å²) >= 11 is 0. The van der Waals surface area contributed by atoms with Gasteiger partial charge in [-0.1, -0.05) is 6.92 Å². The number of nitrogens with one attached hydrogen (secondary N) is 1. The van der Waals surface area contributed by atoms with Gasteiger partial charge in [0.15, 0.2) is 0 Å². The Bertz CT molecular complexity index is 301. The van der Waals surface area contributed by atoms with Crippen molar-refractivity contribution in [2.24, 2.45) is 5.73 Å². The van der Waals surface area contributed by atoms with Crippen LogP contribution in [-0.2, 0) is 6.54 Å². The van der Waals surface area contributed by atoms with E-state index in [4.69, 9.17) is 5.73 Å². The van der Waals surface area contributed by atoms with E-state index in [0.717, 1.165) is 18.7 Å². The van der Waals surface area contributed by atoms with Gasteiger partial charge in [0.1, 0.15) is 0 Å². The maximum Gasteiger partial charge on any atom is 0.250 e. The summed E-state index contributed by atoms with van der Waals surface area (Å²) in [7, 11) is 0. The fourth-order valence-corrected chi connectivity index (χ4v) is 1.59. The first-order valence-electron chi connectivity index (χ1n) is 5.40. The largest absolute Gasteiger partial charge is 0.333 e. The SMILES string of the molecule is CCCn1cncc1C(CN)NCC(F)F. The molecule has 0 aliphatic heterocycles. The summed E-state index contributed by atoms with van der Waals surface area (Å²) in [6, 6.07) is -0.261. The lowest BCUT2D eigenvalue weighted by molar-refractivity contribution is 0.141.